The van der Waals surface area contributed by atoms with Crippen molar-refractivity contribution in [3.8, 4) is 11.5 Å². The number of methoxy groups -OCH3 is 1. The van der Waals surface area contributed by atoms with Gasteiger partial charge in [-0.15, -0.1) is 0 Å². The van der Waals surface area contributed by atoms with Gasteiger partial charge in [0.05, 0.1) is 20.3 Å². The molecule has 3 rings (SSSR count). The molecule has 9 nitrogen and oxygen atoms in total. The van der Waals surface area contributed by atoms with E-state index in [9.17, 15) is 23.5 Å². The Kier molecular flexibility index (Phi) is 11.8. The van der Waals surface area contributed by atoms with Gasteiger partial charge in [0.2, 0.25) is 0 Å². The molecule has 11 heteroatoms. The number of rotatable bonds is 14. The highest BCUT2D eigenvalue weighted by Crippen LogP contribution is 2.36. The molecule has 42 heavy (non-hydrogen) atoms. The minimum absolute atomic E-state index is 0.0474. The Bertz CT molecular complexity index is 1330. The summed E-state index contributed by atoms with van der Waals surface area (Å²) in [4.78, 5) is 29.8. The summed E-state index contributed by atoms with van der Waals surface area (Å²) in [5, 5.41) is 12.7. The Morgan fingerprint density at radius 1 is 0.929 bits per heavy atom. The van der Waals surface area contributed by atoms with E-state index in [-0.39, 0.29) is 24.7 Å². The molecule has 1 heterocycles. The van der Waals surface area contributed by atoms with E-state index in [1.807, 2.05) is 13.8 Å². The molecule has 226 valence electrons. The van der Waals surface area contributed by atoms with E-state index in [4.69, 9.17) is 18.9 Å². The topological polar surface area (TPSA) is 116 Å². The van der Waals surface area contributed by atoms with Gasteiger partial charge >= 0.3 is 5.97 Å². The molecule has 0 aliphatic carbocycles. The van der Waals surface area contributed by atoms with Crippen LogP contribution in [0, 0.1) is 11.6 Å². The molecule has 0 unspecified atom stereocenters. The van der Waals surface area contributed by atoms with Gasteiger partial charge in [0, 0.05) is 31.4 Å². The van der Waals surface area contributed by atoms with Crippen LogP contribution in [0.2, 0.25) is 0 Å². The van der Waals surface area contributed by atoms with Crippen LogP contribution in [0.4, 0.5) is 8.78 Å². The van der Waals surface area contributed by atoms with Crippen LogP contribution in [0.1, 0.15) is 66.4 Å². The molecule has 0 saturated carbocycles. The van der Waals surface area contributed by atoms with Crippen LogP contribution in [-0.2, 0) is 32.2 Å². The molecule has 0 spiro atoms. The Balaban J connectivity index is 1.95. The van der Waals surface area contributed by atoms with Crippen LogP contribution in [0.15, 0.2) is 48.7 Å². The van der Waals surface area contributed by atoms with Gasteiger partial charge in [0.1, 0.15) is 23.8 Å². The number of nitrogens with one attached hydrogen (secondary N) is 1. The van der Waals surface area contributed by atoms with Crippen molar-refractivity contribution >= 4 is 11.9 Å². The number of carbonyl (C=O) groups excluding carboxylic acids is 2. The summed E-state index contributed by atoms with van der Waals surface area (Å²) >= 11 is 0. The van der Waals surface area contributed by atoms with Crippen molar-refractivity contribution in [3.05, 3.63) is 88.2 Å². The first-order valence-electron chi connectivity index (χ1n) is 13.6. The minimum Gasteiger partial charge on any atom is -0.503 e. The molecule has 0 aliphatic heterocycles. The fraction of sp³-hybridized carbons (Fsp3) is 0.387. The van der Waals surface area contributed by atoms with E-state index in [0.717, 1.165) is 0 Å². The quantitative estimate of drug-likeness (QED) is 0.253. The largest absolute Gasteiger partial charge is 0.503 e. The van der Waals surface area contributed by atoms with Crippen LogP contribution < -0.4 is 10.1 Å². The average molecular weight is 587 g/mol. The van der Waals surface area contributed by atoms with Crippen molar-refractivity contribution in [2.75, 3.05) is 20.3 Å². The van der Waals surface area contributed by atoms with Crippen LogP contribution in [-0.4, -0.2) is 54.4 Å². The third-order valence-electron chi connectivity index (χ3n) is 6.60. The van der Waals surface area contributed by atoms with Gasteiger partial charge in [-0.25, -0.2) is 18.6 Å². The van der Waals surface area contributed by atoms with Crippen LogP contribution in [0.3, 0.4) is 0 Å². The summed E-state index contributed by atoms with van der Waals surface area (Å²) in [7, 11) is 1.33. The van der Waals surface area contributed by atoms with Gasteiger partial charge in [-0.1, -0.05) is 12.1 Å². The van der Waals surface area contributed by atoms with E-state index < -0.39 is 47.3 Å². The van der Waals surface area contributed by atoms with E-state index >= 15 is 0 Å². The maximum atomic E-state index is 14.3. The smallest absolute Gasteiger partial charge is 0.328 e. The van der Waals surface area contributed by atoms with E-state index in [1.54, 1.807) is 19.1 Å². The predicted octanol–water partition coefficient (Wildman–Crippen LogP) is 5.03. The second-order valence-electron chi connectivity index (χ2n) is 9.49. The highest BCUT2D eigenvalue weighted by Gasteiger charge is 2.31. The zero-order valence-corrected chi connectivity index (χ0v) is 24.3. The molecule has 0 fully saturated rings. The summed E-state index contributed by atoms with van der Waals surface area (Å²) < 4.78 is 50.6. The molecular weight excluding hydrogens is 550 g/mol. The number of aromatic nitrogens is 1. The van der Waals surface area contributed by atoms with Crippen molar-refractivity contribution in [1.29, 1.82) is 0 Å². The lowest BCUT2D eigenvalue weighted by atomic mass is 9.82. The fourth-order valence-corrected chi connectivity index (χ4v) is 4.55. The molecule has 0 radical (unpaired) electrons. The number of ether oxygens (including phenoxy) is 4. The zero-order chi connectivity index (χ0) is 30.8. The van der Waals surface area contributed by atoms with E-state index in [1.165, 1.54) is 50.6 Å². The van der Waals surface area contributed by atoms with Crippen molar-refractivity contribution in [3.63, 3.8) is 0 Å². The van der Waals surface area contributed by atoms with Gasteiger partial charge < -0.3 is 29.4 Å². The number of nitrogens with zero attached hydrogens (tertiary/aromatic N) is 1. The number of halogens is 2. The van der Waals surface area contributed by atoms with Gasteiger partial charge in [-0.05, 0) is 74.2 Å². The SMILES string of the molecule is CCOCc1cc(F)ccc1C(c1ccc(F)cc1COCC)[C@H](C)OC(=O)[C@H](C)NC(=O)c1nccc(OC)c1O. The Labute approximate surface area is 243 Å². The molecule has 2 aromatic carbocycles. The molecule has 1 aromatic heterocycles. The first kappa shape index (κ1) is 32.4. The number of amides is 1. The lowest BCUT2D eigenvalue weighted by molar-refractivity contribution is -0.150. The number of benzene rings is 2. The average Bonchev–Trinajstić information content (AvgIpc) is 2.96. The summed E-state index contributed by atoms with van der Waals surface area (Å²) in [5.41, 5.74) is 2.00. The molecule has 0 aliphatic rings. The van der Waals surface area contributed by atoms with Gasteiger partial charge in [0.15, 0.2) is 17.2 Å². The number of hydrogen-bond acceptors (Lipinski definition) is 8. The van der Waals surface area contributed by atoms with Gasteiger partial charge in [-0.3, -0.25) is 4.79 Å². The standard InChI is InChI=1S/C31H36F2N2O7/c1-6-40-16-20-14-22(32)8-10-24(20)27(25-11-9-23(33)15-21(25)17-41-7-2)19(4)42-31(38)18(3)35-30(37)28-29(36)26(39-5)12-13-34-28/h8-15,18-19,27,36H,6-7,16-17H2,1-5H3,(H,35,37)/t18-,19-/m0/s1. The molecule has 0 bridgehead atoms. The van der Waals surface area contributed by atoms with Crippen molar-refractivity contribution < 1.29 is 42.4 Å². The van der Waals surface area contributed by atoms with Crippen molar-refractivity contribution in [2.45, 2.75) is 59.0 Å². The third-order valence-corrected chi connectivity index (χ3v) is 6.60. The van der Waals surface area contributed by atoms with E-state index in [2.05, 4.69) is 10.3 Å². The van der Waals surface area contributed by atoms with Crippen LogP contribution >= 0.6 is 0 Å². The molecule has 2 N–H and O–H groups in total. The normalized spacial score (nSPS) is 12.6. The monoisotopic (exact) mass is 586 g/mol. The van der Waals surface area contributed by atoms with Gasteiger partial charge in [0.25, 0.3) is 5.91 Å². The number of esters is 1. The molecule has 3 aromatic rings. The third kappa shape index (κ3) is 8.01. The Morgan fingerprint density at radius 3 is 1.98 bits per heavy atom. The Hall–Kier alpha value is -4.09. The molecule has 0 saturated heterocycles. The minimum atomic E-state index is -1.14. The summed E-state index contributed by atoms with van der Waals surface area (Å²) in [6.07, 6.45) is 0.422. The second kappa shape index (κ2) is 15.2. The fourth-order valence-electron chi connectivity index (χ4n) is 4.55. The molecule has 2 atom stereocenters. The summed E-state index contributed by atoms with van der Waals surface area (Å²) in [5.74, 6) is -3.60. The Morgan fingerprint density at radius 2 is 1.48 bits per heavy atom. The number of aromatic hydroxyl groups is 1. The highest BCUT2D eigenvalue weighted by molar-refractivity contribution is 5.97. The second-order valence-corrected chi connectivity index (χ2v) is 9.49. The molecule has 1 amide bonds. The van der Waals surface area contributed by atoms with Crippen molar-refractivity contribution in [1.82, 2.24) is 10.3 Å². The van der Waals surface area contributed by atoms with Crippen molar-refractivity contribution in [2.24, 2.45) is 0 Å². The number of hydrogen-bond donors (Lipinski definition) is 2. The number of pyridine rings is 1. The lowest BCUT2D eigenvalue weighted by Crippen LogP contribution is -2.41. The predicted molar refractivity (Wildman–Crippen MR) is 150 cm³/mol. The molecular formula is C31H36F2N2O7. The number of carbonyl (C=O) groups is 2. The van der Waals surface area contributed by atoms with Crippen LogP contribution in [0.25, 0.3) is 0 Å². The maximum absolute atomic E-state index is 14.3. The van der Waals surface area contributed by atoms with Crippen LogP contribution in [0.5, 0.6) is 11.5 Å². The zero-order valence-electron chi connectivity index (χ0n) is 24.3. The van der Waals surface area contributed by atoms with Gasteiger partial charge in [-0.2, -0.15) is 0 Å². The van der Waals surface area contributed by atoms with E-state index in [0.29, 0.717) is 35.5 Å². The summed E-state index contributed by atoms with van der Waals surface area (Å²) in [6.45, 7) is 7.72. The lowest BCUT2D eigenvalue weighted by Gasteiger charge is -2.29. The first-order chi connectivity index (χ1) is 20.1. The highest BCUT2D eigenvalue weighted by atomic mass is 19.1. The first-order valence-corrected chi connectivity index (χ1v) is 13.6. The maximum Gasteiger partial charge on any atom is 0.328 e. The summed E-state index contributed by atoms with van der Waals surface area (Å²) in [6, 6.07) is 8.74.